The van der Waals surface area contributed by atoms with E-state index in [2.05, 4.69) is 30.7 Å². The van der Waals surface area contributed by atoms with E-state index >= 15 is 0 Å². The summed E-state index contributed by atoms with van der Waals surface area (Å²) in [5, 5.41) is 4.11. The van der Waals surface area contributed by atoms with E-state index < -0.39 is 10.0 Å². The molecule has 0 aliphatic carbocycles. The monoisotopic (exact) mass is 378 g/mol. The highest BCUT2D eigenvalue weighted by molar-refractivity contribution is 9.10. The molecule has 108 valence electrons. The van der Waals surface area contributed by atoms with Crippen molar-refractivity contribution in [2.24, 2.45) is 7.05 Å². The standard InChI is InChI=1S/C11H12BrClN4O2S/c1-17-5-3-9(16-17)2-4-15-20(18,19)10-6-8(12)7-14-11(10)13/h3,5-7,15H,2,4H2,1H3. The number of pyridine rings is 1. The van der Waals surface area contributed by atoms with Gasteiger partial charge in [0, 0.05) is 36.9 Å². The van der Waals surface area contributed by atoms with Crippen LogP contribution in [0.4, 0.5) is 0 Å². The molecule has 2 rings (SSSR count). The van der Waals surface area contributed by atoms with Crippen molar-refractivity contribution in [3.8, 4) is 0 Å². The van der Waals surface area contributed by atoms with E-state index in [1.165, 1.54) is 12.3 Å². The van der Waals surface area contributed by atoms with Crippen LogP contribution in [0.2, 0.25) is 5.15 Å². The van der Waals surface area contributed by atoms with Crippen molar-refractivity contribution in [3.05, 3.63) is 39.8 Å². The van der Waals surface area contributed by atoms with Crippen molar-refractivity contribution in [3.63, 3.8) is 0 Å². The highest BCUT2D eigenvalue weighted by Crippen LogP contribution is 2.22. The molecule has 0 aromatic carbocycles. The minimum absolute atomic E-state index is 0.0467. The average molecular weight is 380 g/mol. The average Bonchev–Trinajstić information content (AvgIpc) is 2.78. The Morgan fingerprint density at radius 1 is 1.50 bits per heavy atom. The lowest BCUT2D eigenvalue weighted by Gasteiger charge is -2.07. The van der Waals surface area contributed by atoms with Gasteiger partial charge >= 0.3 is 0 Å². The summed E-state index contributed by atoms with van der Waals surface area (Å²) in [5.74, 6) is 0. The lowest BCUT2D eigenvalue weighted by molar-refractivity contribution is 0.580. The number of hydrogen-bond acceptors (Lipinski definition) is 4. The summed E-state index contributed by atoms with van der Waals surface area (Å²) >= 11 is 8.98. The molecule has 0 amide bonds. The van der Waals surface area contributed by atoms with Gasteiger partial charge in [0.05, 0.1) is 5.69 Å². The second kappa shape index (κ2) is 6.21. The van der Waals surface area contributed by atoms with E-state index in [0.29, 0.717) is 10.9 Å². The van der Waals surface area contributed by atoms with E-state index in [0.717, 1.165) is 5.69 Å². The molecule has 0 radical (unpaired) electrons. The predicted octanol–water partition coefficient (Wildman–Crippen LogP) is 1.75. The molecule has 2 aromatic heterocycles. The molecule has 0 spiro atoms. The van der Waals surface area contributed by atoms with Gasteiger partial charge in [-0.1, -0.05) is 11.6 Å². The molecule has 20 heavy (non-hydrogen) atoms. The van der Waals surface area contributed by atoms with Gasteiger partial charge in [0.1, 0.15) is 10.0 Å². The second-order valence-corrected chi connectivity index (χ2v) is 7.08. The molecule has 0 bridgehead atoms. The van der Waals surface area contributed by atoms with Crippen LogP contribution in [0.1, 0.15) is 5.69 Å². The van der Waals surface area contributed by atoms with Crippen LogP contribution in [0.25, 0.3) is 0 Å². The Bertz CT molecular complexity index is 717. The molecular formula is C11H12BrClN4O2S. The maximum absolute atomic E-state index is 12.1. The van der Waals surface area contributed by atoms with Crippen LogP contribution in [-0.4, -0.2) is 29.7 Å². The maximum Gasteiger partial charge on any atom is 0.243 e. The van der Waals surface area contributed by atoms with Gasteiger partial charge in [0.25, 0.3) is 0 Å². The van der Waals surface area contributed by atoms with Crippen LogP contribution in [0, 0.1) is 0 Å². The summed E-state index contributed by atoms with van der Waals surface area (Å²) in [5.41, 5.74) is 0.814. The largest absolute Gasteiger partial charge is 0.276 e. The Hall–Kier alpha value is -0.960. The molecule has 0 aliphatic rings. The van der Waals surface area contributed by atoms with Crippen molar-refractivity contribution >= 4 is 37.6 Å². The van der Waals surface area contributed by atoms with Crippen LogP contribution >= 0.6 is 27.5 Å². The van der Waals surface area contributed by atoms with Gasteiger partial charge in [0.2, 0.25) is 10.0 Å². The van der Waals surface area contributed by atoms with Crippen LogP contribution in [0.3, 0.4) is 0 Å². The highest BCUT2D eigenvalue weighted by atomic mass is 79.9. The molecule has 0 saturated carbocycles. The third-order valence-electron chi connectivity index (χ3n) is 2.51. The summed E-state index contributed by atoms with van der Waals surface area (Å²) < 4.78 is 28.9. The number of halogens is 2. The predicted molar refractivity (Wildman–Crippen MR) is 79.0 cm³/mol. The third kappa shape index (κ3) is 3.78. The molecule has 1 N–H and O–H groups in total. The summed E-state index contributed by atoms with van der Waals surface area (Å²) in [4.78, 5) is 3.75. The highest BCUT2D eigenvalue weighted by Gasteiger charge is 2.19. The fourth-order valence-corrected chi connectivity index (χ4v) is 3.55. The van der Waals surface area contributed by atoms with Gasteiger partial charge in [-0.05, 0) is 28.1 Å². The molecule has 6 nitrogen and oxygen atoms in total. The molecule has 2 heterocycles. The molecule has 0 aliphatic heterocycles. The van der Waals surface area contributed by atoms with E-state index in [1.807, 2.05) is 6.07 Å². The fraction of sp³-hybridized carbons (Fsp3) is 0.273. The van der Waals surface area contributed by atoms with Crippen molar-refractivity contribution in [1.82, 2.24) is 19.5 Å². The minimum Gasteiger partial charge on any atom is -0.276 e. The SMILES string of the molecule is Cn1ccc(CCNS(=O)(=O)c2cc(Br)cnc2Cl)n1. The van der Waals surface area contributed by atoms with Crippen LogP contribution in [-0.2, 0) is 23.5 Å². The van der Waals surface area contributed by atoms with E-state index in [4.69, 9.17) is 11.6 Å². The number of nitrogens with one attached hydrogen (secondary N) is 1. The zero-order valence-corrected chi connectivity index (χ0v) is 13.7. The molecule has 2 aromatic rings. The Morgan fingerprint density at radius 3 is 2.90 bits per heavy atom. The minimum atomic E-state index is -3.69. The van der Waals surface area contributed by atoms with Crippen LogP contribution in [0.5, 0.6) is 0 Å². The Balaban J connectivity index is 2.06. The molecule has 0 atom stereocenters. The van der Waals surface area contributed by atoms with Crippen molar-refractivity contribution < 1.29 is 8.42 Å². The Kier molecular flexibility index (Phi) is 4.79. The maximum atomic E-state index is 12.1. The van der Waals surface area contributed by atoms with Gasteiger partial charge < -0.3 is 0 Å². The van der Waals surface area contributed by atoms with Crippen molar-refractivity contribution in [2.45, 2.75) is 11.3 Å². The van der Waals surface area contributed by atoms with Gasteiger partial charge in [-0.3, -0.25) is 4.68 Å². The number of sulfonamides is 1. The van der Waals surface area contributed by atoms with Gasteiger partial charge in [-0.25, -0.2) is 18.1 Å². The van der Waals surface area contributed by atoms with E-state index in [9.17, 15) is 8.42 Å². The lowest BCUT2D eigenvalue weighted by atomic mass is 10.3. The van der Waals surface area contributed by atoms with E-state index in [1.54, 1.807) is 17.9 Å². The smallest absolute Gasteiger partial charge is 0.243 e. The normalized spacial score (nSPS) is 11.8. The van der Waals surface area contributed by atoms with Crippen LogP contribution in [0.15, 0.2) is 33.9 Å². The molecule has 9 heteroatoms. The lowest BCUT2D eigenvalue weighted by Crippen LogP contribution is -2.26. The summed E-state index contributed by atoms with van der Waals surface area (Å²) in [6, 6.07) is 3.25. The number of aryl methyl sites for hydroxylation is 1. The third-order valence-corrected chi connectivity index (χ3v) is 4.83. The quantitative estimate of drug-likeness (QED) is 0.803. The molecule has 0 fully saturated rings. The van der Waals surface area contributed by atoms with Gasteiger partial charge in [-0.2, -0.15) is 5.10 Å². The second-order valence-electron chi connectivity index (χ2n) is 4.07. The first-order valence-electron chi connectivity index (χ1n) is 5.68. The number of rotatable bonds is 5. The molecule has 0 unspecified atom stereocenters. The first-order chi connectivity index (χ1) is 9.38. The molecule has 0 saturated heterocycles. The fourth-order valence-electron chi connectivity index (χ4n) is 1.58. The number of aromatic nitrogens is 3. The number of hydrogen-bond donors (Lipinski definition) is 1. The summed E-state index contributed by atoms with van der Waals surface area (Å²) in [7, 11) is -1.88. The van der Waals surface area contributed by atoms with Crippen molar-refractivity contribution in [2.75, 3.05) is 6.54 Å². The van der Waals surface area contributed by atoms with Gasteiger partial charge in [0.15, 0.2) is 0 Å². The summed E-state index contributed by atoms with van der Waals surface area (Å²) in [6.45, 7) is 0.238. The van der Waals surface area contributed by atoms with Gasteiger partial charge in [-0.15, -0.1) is 0 Å². The first kappa shape index (κ1) is 15.4. The van der Waals surface area contributed by atoms with E-state index in [-0.39, 0.29) is 16.6 Å². The Morgan fingerprint density at radius 2 is 2.25 bits per heavy atom. The zero-order chi connectivity index (χ0) is 14.8. The zero-order valence-electron chi connectivity index (χ0n) is 10.5. The van der Waals surface area contributed by atoms with Crippen LogP contribution < -0.4 is 4.72 Å². The molecular weight excluding hydrogens is 368 g/mol. The summed E-state index contributed by atoms with van der Waals surface area (Å²) in [6.07, 6.45) is 3.74. The Labute approximate surface area is 130 Å². The van der Waals surface area contributed by atoms with Crippen molar-refractivity contribution in [1.29, 1.82) is 0 Å². The first-order valence-corrected chi connectivity index (χ1v) is 8.33. The topological polar surface area (TPSA) is 76.9 Å². The number of nitrogens with zero attached hydrogens (tertiary/aromatic N) is 3.